The summed E-state index contributed by atoms with van der Waals surface area (Å²) < 4.78 is 1.66. The van der Waals surface area contributed by atoms with Gasteiger partial charge >= 0.3 is 5.97 Å². The van der Waals surface area contributed by atoms with Crippen LogP contribution < -0.4 is 5.73 Å². The van der Waals surface area contributed by atoms with Crippen LogP contribution in [0.3, 0.4) is 0 Å². The van der Waals surface area contributed by atoms with E-state index in [-0.39, 0.29) is 5.56 Å². The molecule has 3 N–H and O–H groups in total. The number of carbonyl (C=O) groups is 1. The van der Waals surface area contributed by atoms with E-state index in [1.54, 1.807) is 24.0 Å². The number of rotatable bonds is 1. The first kappa shape index (κ1) is 8.55. The van der Waals surface area contributed by atoms with Crippen LogP contribution in [0.1, 0.15) is 10.4 Å². The van der Waals surface area contributed by atoms with E-state index in [1.165, 1.54) is 6.07 Å². The van der Waals surface area contributed by atoms with Gasteiger partial charge in [-0.05, 0) is 12.1 Å². The molecule has 0 saturated carbocycles. The van der Waals surface area contributed by atoms with Gasteiger partial charge in [-0.15, -0.1) is 0 Å². The molecule has 1 aromatic carbocycles. The number of aromatic nitrogens is 2. The molecule has 0 saturated heterocycles. The predicted octanol–water partition coefficient (Wildman–Crippen LogP) is 0.854. The zero-order valence-corrected chi connectivity index (χ0v) is 7.56. The van der Waals surface area contributed by atoms with E-state index in [0.29, 0.717) is 16.7 Å². The number of imidazole rings is 1. The van der Waals surface area contributed by atoms with Crippen molar-refractivity contribution in [3.63, 3.8) is 0 Å². The van der Waals surface area contributed by atoms with E-state index < -0.39 is 5.97 Å². The van der Waals surface area contributed by atoms with Crippen LogP contribution in [0.4, 0.5) is 5.69 Å². The Morgan fingerprint density at radius 2 is 2.29 bits per heavy atom. The molecule has 0 aliphatic rings. The summed E-state index contributed by atoms with van der Waals surface area (Å²) in [4.78, 5) is 15.0. The summed E-state index contributed by atoms with van der Waals surface area (Å²) in [5.74, 6) is -0.995. The number of nitrogens with zero attached hydrogens (tertiary/aromatic N) is 2. The largest absolute Gasteiger partial charge is 0.478 e. The van der Waals surface area contributed by atoms with E-state index in [1.807, 2.05) is 0 Å². The van der Waals surface area contributed by atoms with Crippen LogP contribution in [0.15, 0.2) is 18.5 Å². The molecule has 1 heterocycles. The van der Waals surface area contributed by atoms with Crippen molar-refractivity contribution in [2.45, 2.75) is 0 Å². The first-order valence-electron chi connectivity index (χ1n) is 4.03. The van der Waals surface area contributed by atoms with Crippen LogP contribution in [0.25, 0.3) is 11.0 Å². The number of hydrogen-bond acceptors (Lipinski definition) is 3. The molecule has 14 heavy (non-hydrogen) atoms. The average molecular weight is 191 g/mol. The lowest BCUT2D eigenvalue weighted by Crippen LogP contribution is -2.01. The first-order valence-corrected chi connectivity index (χ1v) is 4.03. The molecular weight excluding hydrogens is 182 g/mol. The zero-order chi connectivity index (χ0) is 10.3. The molecule has 0 unspecified atom stereocenters. The summed E-state index contributed by atoms with van der Waals surface area (Å²) in [5.41, 5.74) is 7.34. The Bertz CT molecular complexity index is 516. The molecular formula is C9H9N3O2. The van der Waals surface area contributed by atoms with Crippen LogP contribution in [-0.4, -0.2) is 20.6 Å². The highest BCUT2D eigenvalue weighted by Crippen LogP contribution is 2.20. The number of fused-ring (bicyclic) bond motifs is 1. The molecule has 1 aromatic heterocycles. The molecule has 0 spiro atoms. The molecule has 0 aliphatic heterocycles. The third-order valence-electron chi connectivity index (χ3n) is 2.07. The van der Waals surface area contributed by atoms with Gasteiger partial charge in [0.05, 0.1) is 22.9 Å². The normalized spacial score (nSPS) is 10.6. The van der Waals surface area contributed by atoms with Gasteiger partial charge in [0.15, 0.2) is 0 Å². The highest BCUT2D eigenvalue weighted by Gasteiger charge is 2.12. The second-order valence-electron chi connectivity index (χ2n) is 3.10. The Morgan fingerprint density at radius 1 is 1.57 bits per heavy atom. The maximum atomic E-state index is 10.9. The minimum Gasteiger partial charge on any atom is -0.478 e. The Labute approximate surface area is 79.8 Å². The summed E-state index contributed by atoms with van der Waals surface area (Å²) in [6, 6.07) is 3.09. The van der Waals surface area contributed by atoms with Gasteiger partial charge in [-0.1, -0.05) is 0 Å². The standard InChI is InChI=1S/C9H9N3O2/c1-12-4-11-7-3-5(10)2-6(8(7)12)9(13)14/h2-4H,10H2,1H3,(H,13,14). The number of nitrogen functional groups attached to an aromatic ring is 1. The first-order chi connectivity index (χ1) is 6.59. The van der Waals surface area contributed by atoms with Crippen LogP contribution in [0.5, 0.6) is 0 Å². The SMILES string of the molecule is Cn1cnc2cc(N)cc(C(=O)O)c21. The smallest absolute Gasteiger partial charge is 0.337 e. The van der Waals surface area contributed by atoms with Crippen LogP contribution >= 0.6 is 0 Å². The summed E-state index contributed by atoms with van der Waals surface area (Å²) in [5, 5.41) is 8.95. The lowest BCUT2D eigenvalue weighted by atomic mass is 10.1. The highest BCUT2D eigenvalue weighted by atomic mass is 16.4. The number of benzene rings is 1. The third kappa shape index (κ3) is 1.10. The number of anilines is 1. The van der Waals surface area contributed by atoms with Gasteiger partial charge in [0.25, 0.3) is 0 Å². The van der Waals surface area contributed by atoms with Crippen molar-refractivity contribution in [2.75, 3.05) is 5.73 Å². The van der Waals surface area contributed by atoms with E-state index in [4.69, 9.17) is 10.8 Å². The second-order valence-corrected chi connectivity index (χ2v) is 3.10. The van der Waals surface area contributed by atoms with Gasteiger partial charge in [-0.25, -0.2) is 9.78 Å². The van der Waals surface area contributed by atoms with E-state index in [2.05, 4.69) is 4.98 Å². The van der Waals surface area contributed by atoms with Crippen molar-refractivity contribution in [3.8, 4) is 0 Å². The number of aryl methyl sites for hydroxylation is 1. The minimum absolute atomic E-state index is 0.181. The van der Waals surface area contributed by atoms with Gasteiger partial charge in [0.1, 0.15) is 0 Å². The molecule has 0 bridgehead atoms. The molecule has 72 valence electrons. The highest BCUT2D eigenvalue weighted by molar-refractivity contribution is 6.02. The fourth-order valence-electron chi connectivity index (χ4n) is 1.48. The summed E-state index contributed by atoms with van der Waals surface area (Å²) in [6.45, 7) is 0. The van der Waals surface area contributed by atoms with Crippen LogP contribution in [0, 0.1) is 0 Å². The topological polar surface area (TPSA) is 81.1 Å². The molecule has 0 radical (unpaired) electrons. The lowest BCUT2D eigenvalue weighted by molar-refractivity contribution is 0.0698. The maximum absolute atomic E-state index is 10.9. The molecule has 2 rings (SSSR count). The van der Waals surface area contributed by atoms with Gasteiger partial charge in [0.2, 0.25) is 0 Å². The van der Waals surface area contributed by atoms with E-state index in [0.717, 1.165) is 0 Å². The van der Waals surface area contributed by atoms with Crippen molar-refractivity contribution in [1.29, 1.82) is 0 Å². The number of carboxylic acid groups (broad SMARTS) is 1. The molecule has 0 atom stereocenters. The van der Waals surface area contributed by atoms with Gasteiger partial charge in [-0.2, -0.15) is 0 Å². The van der Waals surface area contributed by atoms with Gasteiger partial charge in [-0.3, -0.25) is 0 Å². The zero-order valence-electron chi connectivity index (χ0n) is 7.56. The van der Waals surface area contributed by atoms with Crippen molar-refractivity contribution in [3.05, 3.63) is 24.0 Å². The molecule has 5 nitrogen and oxygen atoms in total. The summed E-state index contributed by atoms with van der Waals surface area (Å²) in [6.07, 6.45) is 1.57. The molecule has 5 heteroatoms. The van der Waals surface area contributed by atoms with Crippen LogP contribution in [-0.2, 0) is 7.05 Å². The van der Waals surface area contributed by atoms with E-state index in [9.17, 15) is 4.79 Å². The van der Waals surface area contributed by atoms with Crippen molar-refractivity contribution in [2.24, 2.45) is 7.05 Å². The van der Waals surface area contributed by atoms with Crippen molar-refractivity contribution >= 4 is 22.7 Å². The monoisotopic (exact) mass is 191 g/mol. The summed E-state index contributed by atoms with van der Waals surface area (Å²) >= 11 is 0. The third-order valence-corrected chi connectivity index (χ3v) is 2.07. The molecule has 0 fully saturated rings. The fourth-order valence-corrected chi connectivity index (χ4v) is 1.48. The molecule has 0 aliphatic carbocycles. The second kappa shape index (κ2) is 2.73. The van der Waals surface area contributed by atoms with Gasteiger partial charge in [0, 0.05) is 12.7 Å². The fraction of sp³-hybridized carbons (Fsp3) is 0.111. The quantitative estimate of drug-likeness (QED) is 0.655. The maximum Gasteiger partial charge on any atom is 0.337 e. The lowest BCUT2D eigenvalue weighted by Gasteiger charge is -2.01. The Kier molecular flexibility index (Phi) is 1.67. The Hall–Kier alpha value is -2.04. The van der Waals surface area contributed by atoms with Crippen LogP contribution in [0.2, 0.25) is 0 Å². The molecule has 0 amide bonds. The number of carboxylic acids is 1. The van der Waals surface area contributed by atoms with Crippen molar-refractivity contribution in [1.82, 2.24) is 9.55 Å². The molecule has 2 aromatic rings. The van der Waals surface area contributed by atoms with E-state index >= 15 is 0 Å². The Morgan fingerprint density at radius 3 is 2.93 bits per heavy atom. The summed E-state index contributed by atoms with van der Waals surface area (Å²) in [7, 11) is 1.75. The van der Waals surface area contributed by atoms with Gasteiger partial charge < -0.3 is 15.4 Å². The Balaban J connectivity index is 2.90. The number of hydrogen-bond donors (Lipinski definition) is 2. The predicted molar refractivity (Wildman–Crippen MR) is 52.1 cm³/mol. The minimum atomic E-state index is -0.995. The number of nitrogens with two attached hydrogens (primary N) is 1. The number of aromatic carboxylic acids is 1. The average Bonchev–Trinajstić information content (AvgIpc) is 2.46. The van der Waals surface area contributed by atoms with Crippen molar-refractivity contribution < 1.29 is 9.90 Å².